The van der Waals surface area contributed by atoms with E-state index in [-0.39, 0.29) is 10.0 Å². The molecule has 0 N–H and O–H groups in total. The van der Waals surface area contributed by atoms with Crippen molar-refractivity contribution in [3.8, 4) is 5.75 Å². The van der Waals surface area contributed by atoms with E-state index < -0.39 is 23.4 Å². The summed E-state index contributed by atoms with van der Waals surface area (Å²) in [5.74, 6) is -3.31. The van der Waals surface area contributed by atoms with Gasteiger partial charge in [0.15, 0.2) is 17.4 Å². The Bertz CT molecular complexity index is 407. The second-order valence-electron chi connectivity index (χ2n) is 2.56. The van der Waals surface area contributed by atoms with Crippen LogP contribution in [0, 0.1) is 11.6 Å². The summed E-state index contributed by atoms with van der Waals surface area (Å²) in [4.78, 5) is 11.1. The minimum absolute atomic E-state index is 0.187. The Kier molecular flexibility index (Phi) is 3.62. The normalized spacial score (nSPS) is 9.93. The van der Waals surface area contributed by atoms with Crippen LogP contribution in [0.1, 0.15) is 10.4 Å². The Morgan fingerprint density at radius 3 is 2.47 bits per heavy atom. The fourth-order valence-corrected chi connectivity index (χ4v) is 1.48. The third-order valence-corrected chi connectivity index (χ3v) is 2.50. The predicted molar refractivity (Wildman–Crippen MR) is 51.9 cm³/mol. The molecule has 0 aliphatic carbocycles. The highest BCUT2D eigenvalue weighted by atomic mass is 79.9. The Morgan fingerprint density at radius 1 is 1.40 bits per heavy atom. The predicted octanol–water partition coefficient (Wildman–Crippen LogP) is 2.52. The average Bonchev–Trinajstić information content (AvgIpc) is 2.23. The molecule has 1 rings (SSSR count). The monoisotopic (exact) mass is 280 g/mol. The average molecular weight is 281 g/mol. The molecule has 0 aliphatic heterocycles. The van der Waals surface area contributed by atoms with Crippen molar-refractivity contribution >= 4 is 21.9 Å². The first-order valence-electron chi connectivity index (χ1n) is 3.82. The Balaban J connectivity index is 3.40. The van der Waals surface area contributed by atoms with E-state index in [1.54, 1.807) is 0 Å². The number of halogens is 3. The summed E-state index contributed by atoms with van der Waals surface area (Å²) in [6.07, 6.45) is 0. The van der Waals surface area contributed by atoms with Crippen LogP contribution in [-0.2, 0) is 4.74 Å². The summed E-state index contributed by atoms with van der Waals surface area (Å²) in [5.41, 5.74) is -0.228. The van der Waals surface area contributed by atoms with Crippen molar-refractivity contribution in [2.45, 2.75) is 0 Å². The fourth-order valence-electron chi connectivity index (χ4n) is 1.02. The highest BCUT2D eigenvalue weighted by Gasteiger charge is 2.21. The van der Waals surface area contributed by atoms with Crippen LogP contribution >= 0.6 is 15.9 Å². The van der Waals surface area contributed by atoms with Gasteiger partial charge in [-0.3, -0.25) is 0 Å². The van der Waals surface area contributed by atoms with Gasteiger partial charge < -0.3 is 9.47 Å². The first-order valence-corrected chi connectivity index (χ1v) is 4.62. The molecule has 1 aromatic rings. The van der Waals surface area contributed by atoms with Crippen LogP contribution in [0.2, 0.25) is 0 Å². The molecule has 0 aromatic heterocycles. The number of carbonyl (C=O) groups excluding carboxylic acids is 1. The van der Waals surface area contributed by atoms with Crippen molar-refractivity contribution in [1.29, 1.82) is 0 Å². The highest BCUT2D eigenvalue weighted by molar-refractivity contribution is 9.10. The molecular formula is C9H7BrF2O3. The van der Waals surface area contributed by atoms with E-state index >= 15 is 0 Å². The zero-order valence-corrected chi connectivity index (χ0v) is 9.52. The molecule has 0 amide bonds. The standard InChI is InChI=1S/C9H7BrF2O3/c1-14-8-5(11)3-4(9(13)15-2)6(10)7(8)12/h3H,1-2H3. The van der Waals surface area contributed by atoms with Crippen LogP contribution < -0.4 is 4.74 Å². The van der Waals surface area contributed by atoms with Crippen LogP contribution in [0.25, 0.3) is 0 Å². The minimum Gasteiger partial charge on any atom is -0.491 e. The van der Waals surface area contributed by atoms with Crippen molar-refractivity contribution in [1.82, 2.24) is 0 Å². The molecule has 0 atom stereocenters. The van der Waals surface area contributed by atoms with E-state index in [4.69, 9.17) is 0 Å². The maximum Gasteiger partial charge on any atom is 0.339 e. The summed E-state index contributed by atoms with van der Waals surface area (Å²) < 4.78 is 35.3. The SMILES string of the molecule is COC(=O)c1cc(F)c(OC)c(F)c1Br. The maximum atomic E-state index is 13.4. The molecule has 0 saturated heterocycles. The number of hydrogen-bond donors (Lipinski definition) is 0. The smallest absolute Gasteiger partial charge is 0.339 e. The third kappa shape index (κ3) is 2.09. The Hall–Kier alpha value is -1.17. The first-order chi connectivity index (χ1) is 7.02. The fraction of sp³-hybridized carbons (Fsp3) is 0.222. The van der Waals surface area contributed by atoms with Crippen LogP contribution in [0.15, 0.2) is 10.5 Å². The van der Waals surface area contributed by atoms with E-state index in [1.165, 1.54) is 0 Å². The molecule has 0 spiro atoms. The van der Waals surface area contributed by atoms with Crippen molar-refractivity contribution in [2.24, 2.45) is 0 Å². The summed E-state index contributed by atoms with van der Waals surface area (Å²) in [6.45, 7) is 0. The van der Waals surface area contributed by atoms with Gasteiger partial charge in [0.1, 0.15) is 0 Å². The minimum atomic E-state index is -0.974. The number of ether oxygens (including phenoxy) is 2. The van der Waals surface area contributed by atoms with Gasteiger partial charge in [0.05, 0.1) is 24.3 Å². The maximum absolute atomic E-state index is 13.4. The lowest BCUT2D eigenvalue weighted by atomic mass is 10.2. The first kappa shape index (κ1) is 11.9. The van der Waals surface area contributed by atoms with Gasteiger partial charge in [-0.2, -0.15) is 0 Å². The molecule has 0 bridgehead atoms. The summed E-state index contributed by atoms with van der Waals surface area (Å²) >= 11 is 2.82. The molecule has 0 fully saturated rings. The Morgan fingerprint density at radius 2 is 2.00 bits per heavy atom. The second-order valence-corrected chi connectivity index (χ2v) is 3.35. The van der Waals surface area contributed by atoms with Gasteiger partial charge in [0.2, 0.25) is 0 Å². The summed E-state index contributed by atoms with van der Waals surface area (Å²) in [6, 6.07) is 0.845. The van der Waals surface area contributed by atoms with Crippen molar-refractivity contribution in [3.05, 3.63) is 27.7 Å². The van der Waals surface area contributed by atoms with Crippen molar-refractivity contribution < 1.29 is 23.0 Å². The van der Waals surface area contributed by atoms with E-state index in [1.807, 2.05) is 0 Å². The number of hydrogen-bond acceptors (Lipinski definition) is 3. The molecule has 1 aromatic carbocycles. The number of carbonyl (C=O) groups is 1. The number of rotatable bonds is 2. The molecular weight excluding hydrogens is 274 g/mol. The highest BCUT2D eigenvalue weighted by Crippen LogP contribution is 2.31. The van der Waals surface area contributed by atoms with Crippen LogP contribution in [0.4, 0.5) is 8.78 Å². The molecule has 0 saturated carbocycles. The molecule has 3 nitrogen and oxygen atoms in total. The number of esters is 1. The van der Waals surface area contributed by atoms with E-state index in [0.29, 0.717) is 0 Å². The molecule has 82 valence electrons. The van der Waals surface area contributed by atoms with Gasteiger partial charge in [-0.25, -0.2) is 13.6 Å². The summed E-state index contributed by atoms with van der Waals surface area (Å²) in [5, 5.41) is 0. The van der Waals surface area contributed by atoms with Crippen molar-refractivity contribution in [2.75, 3.05) is 14.2 Å². The van der Waals surface area contributed by atoms with Crippen LogP contribution in [0.5, 0.6) is 5.75 Å². The largest absolute Gasteiger partial charge is 0.491 e. The number of benzene rings is 1. The summed E-state index contributed by atoms with van der Waals surface area (Å²) in [7, 11) is 2.25. The van der Waals surface area contributed by atoms with Gasteiger partial charge in [-0.15, -0.1) is 0 Å². The molecule has 6 heteroatoms. The molecule has 0 unspecified atom stereocenters. The lowest BCUT2D eigenvalue weighted by Gasteiger charge is -2.08. The van der Waals surface area contributed by atoms with E-state index in [0.717, 1.165) is 20.3 Å². The molecule has 0 aliphatic rings. The molecule has 0 radical (unpaired) electrons. The van der Waals surface area contributed by atoms with Gasteiger partial charge in [0.25, 0.3) is 0 Å². The van der Waals surface area contributed by atoms with Crippen LogP contribution in [-0.4, -0.2) is 20.2 Å². The number of methoxy groups -OCH3 is 2. The zero-order valence-electron chi connectivity index (χ0n) is 7.94. The molecule has 15 heavy (non-hydrogen) atoms. The van der Waals surface area contributed by atoms with Gasteiger partial charge in [0, 0.05) is 0 Å². The van der Waals surface area contributed by atoms with Crippen LogP contribution in [0.3, 0.4) is 0 Å². The lowest BCUT2D eigenvalue weighted by Crippen LogP contribution is -2.06. The van der Waals surface area contributed by atoms with Crippen molar-refractivity contribution in [3.63, 3.8) is 0 Å². The quantitative estimate of drug-likeness (QED) is 0.617. The lowest BCUT2D eigenvalue weighted by molar-refractivity contribution is 0.0598. The van der Waals surface area contributed by atoms with E-state index in [9.17, 15) is 13.6 Å². The topological polar surface area (TPSA) is 35.5 Å². The van der Waals surface area contributed by atoms with Gasteiger partial charge in [-0.05, 0) is 22.0 Å². The Labute approximate surface area is 93.1 Å². The van der Waals surface area contributed by atoms with Gasteiger partial charge >= 0.3 is 5.97 Å². The van der Waals surface area contributed by atoms with E-state index in [2.05, 4.69) is 25.4 Å². The second kappa shape index (κ2) is 4.57. The zero-order chi connectivity index (χ0) is 11.6. The molecule has 0 heterocycles. The van der Waals surface area contributed by atoms with Gasteiger partial charge in [-0.1, -0.05) is 0 Å². The third-order valence-electron chi connectivity index (χ3n) is 1.73.